The van der Waals surface area contributed by atoms with E-state index in [1.54, 1.807) is 13.0 Å². The monoisotopic (exact) mass is 921 g/mol. The van der Waals surface area contributed by atoms with Crippen molar-refractivity contribution in [3.8, 4) is 39.9 Å². The van der Waals surface area contributed by atoms with Crippen molar-refractivity contribution in [2.75, 3.05) is 0 Å². The highest BCUT2D eigenvalue weighted by Crippen LogP contribution is 2.44. The summed E-state index contributed by atoms with van der Waals surface area (Å²) in [5.41, 5.74) is 11.9. The van der Waals surface area contributed by atoms with Gasteiger partial charge in [-0.05, 0) is 121 Å². The molecule has 0 radical (unpaired) electrons. The molecule has 14 aromatic rings. The third-order valence-corrected chi connectivity index (χ3v) is 14.4. The molecule has 4 aromatic heterocycles. The van der Waals surface area contributed by atoms with Gasteiger partial charge in [-0.15, -0.1) is 0 Å². The molecule has 4 heterocycles. The summed E-state index contributed by atoms with van der Waals surface area (Å²) in [6.45, 7) is 1.69. The Kier molecular flexibility index (Phi) is 8.65. The van der Waals surface area contributed by atoms with Crippen LogP contribution in [0.15, 0.2) is 212 Å². The molecule has 10 aromatic carbocycles. The lowest BCUT2D eigenvalue weighted by Gasteiger charge is -2.19. The zero-order chi connectivity index (χ0) is 47.7. The standard InChI is InChI=1S/C63H38F3N5/c1-38-30-39(32-41(31-38)63(64,65)66)40-33-61(70-57-24-12-6-18-48(57)50-35-42(26-28-59(50)70)68-53-20-8-2-14-44(53)45-15-3-9-21-54(45)68)52(37-67)62(34-40)71-58-25-13-7-19-49(58)51-36-43(27-29-60(51)71)69-55-22-10-4-16-46(55)47-17-5-11-23-56(47)69/h2-36H,1H3. The smallest absolute Gasteiger partial charge is 0.309 e. The van der Waals surface area contributed by atoms with E-state index >= 15 is 0 Å². The van der Waals surface area contributed by atoms with E-state index in [0.29, 0.717) is 33.6 Å². The van der Waals surface area contributed by atoms with E-state index in [9.17, 15) is 18.4 Å². The summed E-state index contributed by atoms with van der Waals surface area (Å²) in [6.07, 6.45) is -4.57. The molecular formula is C63H38F3N5. The van der Waals surface area contributed by atoms with E-state index in [-0.39, 0.29) is 0 Å². The van der Waals surface area contributed by atoms with Crippen LogP contribution in [0.2, 0.25) is 0 Å². The highest BCUT2D eigenvalue weighted by atomic mass is 19.4. The van der Waals surface area contributed by atoms with Crippen LogP contribution in [0.3, 0.4) is 0 Å². The van der Waals surface area contributed by atoms with Crippen LogP contribution in [0, 0.1) is 18.3 Å². The Labute approximate surface area is 404 Å². The minimum atomic E-state index is -4.57. The lowest BCUT2D eigenvalue weighted by molar-refractivity contribution is -0.137. The van der Waals surface area contributed by atoms with Gasteiger partial charge in [0, 0.05) is 54.5 Å². The van der Waals surface area contributed by atoms with Gasteiger partial charge in [-0.1, -0.05) is 115 Å². The normalized spacial score (nSPS) is 12.2. The molecule has 0 aliphatic carbocycles. The van der Waals surface area contributed by atoms with Crippen LogP contribution in [-0.2, 0) is 6.18 Å². The number of nitriles is 1. The summed E-state index contributed by atoms with van der Waals surface area (Å²) < 4.78 is 52.7. The number of fused-ring (bicyclic) bond motifs is 12. The number of aromatic nitrogens is 4. The van der Waals surface area contributed by atoms with Crippen LogP contribution >= 0.6 is 0 Å². The molecule has 0 spiro atoms. The fourth-order valence-electron chi connectivity index (χ4n) is 11.5. The quantitative estimate of drug-likeness (QED) is 0.170. The number of halogens is 3. The largest absolute Gasteiger partial charge is 0.416 e. The van der Waals surface area contributed by atoms with E-state index in [1.807, 2.05) is 48.5 Å². The Hall–Kier alpha value is -9.32. The first-order valence-electron chi connectivity index (χ1n) is 23.6. The Balaban J connectivity index is 1.06. The van der Waals surface area contributed by atoms with Crippen molar-refractivity contribution >= 4 is 87.2 Å². The fourth-order valence-corrected chi connectivity index (χ4v) is 11.5. The van der Waals surface area contributed by atoms with Crippen LogP contribution in [0.1, 0.15) is 16.7 Å². The first-order chi connectivity index (χ1) is 34.7. The molecule has 5 nitrogen and oxygen atoms in total. The second-order valence-electron chi connectivity index (χ2n) is 18.4. The average molecular weight is 922 g/mol. The number of nitrogens with zero attached hydrogens (tertiary/aromatic N) is 5. The van der Waals surface area contributed by atoms with Gasteiger partial charge >= 0.3 is 6.18 Å². The molecular weight excluding hydrogens is 884 g/mol. The van der Waals surface area contributed by atoms with Crippen LogP contribution < -0.4 is 0 Å². The number of hydrogen-bond donors (Lipinski definition) is 0. The lowest BCUT2D eigenvalue weighted by atomic mass is 9.96. The lowest BCUT2D eigenvalue weighted by Crippen LogP contribution is -2.07. The molecule has 0 atom stereocenters. The van der Waals surface area contributed by atoms with E-state index < -0.39 is 11.7 Å². The first kappa shape index (κ1) is 40.7. The van der Waals surface area contributed by atoms with Gasteiger partial charge in [0.15, 0.2) is 0 Å². The zero-order valence-corrected chi connectivity index (χ0v) is 38.1. The minimum absolute atomic E-state index is 0.376. The van der Waals surface area contributed by atoms with Gasteiger partial charge in [0.05, 0.1) is 61.1 Å². The van der Waals surface area contributed by atoms with Gasteiger partial charge < -0.3 is 18.3 Å². The third-order valence-electron chi connectivity index (χ3n) is 14.4. The fraction of sp³-hybridized carbons (Fsp3) is 0.0317. The number of aryl methyl sites for hydroxylation is 1. The molecule has 336 valence electrons. The molecule has 8 heteroatoms. The Morgan fingerprint density at radius 3 is 1.04 bits per heavy atom. The number of para-hydroxylation sites is 6. The molecule has 0 saturated heterocycles. The van der Waals surface area contributed by atoms with Crippen molar-refractivity contribution in [2.24, 2.45) is 0 Å². The number of alkyl halides is 3. The predicted octanol–water partition coefficient (Wildman–Crippen LogP) is 16.9. The molecule has 0 N–H and O–H groups in total. The van der Waals surface area contributed by atoms with Gasteiger partial charge in [-0.25, -0.2) is 0 Å². The highest BCUT2D eigenvalue weighted by molar-refractivity contribution is 6.14. The summed E-state index contributed by atoms with van der Waals surface area (Å²) >= 11 is 0. The number of hydrogen-bond acceptors (Lipinski definition) is 1. The summed E-state index contributed by atoms with van der Waals surface area (Å²) in [4.78, 5) is 0. The summed E-state index contributed by atoms with van der Waals surface area (Å²) in [6, 6.07) is 73.4. The second-order valence-corrected chi connectivity index (χ2v) is 18.4. The van der Waals surface area contributed by atoms with E-state index in [4.69, 9.17) is 0 Å². The van der Waals surface area contributed by atoms with Gasteiger partial charge in [0.1, 0.15) is 11.6 Å². The van der Waals surface area contributed by atoms with Crippen molar-refractivity contribution in [3.63, 3.8) is 0 Å². The maximum atomic E-state index is 14.6. The van der Waals surface area contributed by atoms with E-state index in [1.165, 1.54) is 12.1 Å². The molecule has 0 fully saturated rings. The topological polar surface area (TPSA) is 43.5 Å². The molecule has 0 unspecified atom stereocenters. The minimum Gasteiger partial charge on any atom is -0.309 e. The van der Waals surface area contributed by atoms with Gasteiger partial charge in [0.2, 0.25) is 0 Å². The SMILES string of the molecule is Cc1cc(-c2cc(-n3c4ccccc4c4cc(-n5c6ccccc6c6ccccc65)ccc43)c(C#N)c(-n3c4ccccc4c4cc(-n5c6ccccc6c6ccccc65)ccc43)c2)cc(C(F)(F)F)c1. The number of rotatable bonds is 5. The van der Waals surface area contributed by atoms with E-state index in [2.05, 4.69) is 170 Å². The van der Waals surface area contributed by atoms with Gasteiger partial charge in [0.25, 0.3) is 0 Å². The van der Waals surface area contributed by atoms with Gasteiger partial charge in [-0.2, -0.15) is 18.4 Å². The van der Waals surface area contributed by atoms with E-state index in [0.717, 1.165) is 98.6 Å². The molecule has 0 aliphatic rings. The molecule has 71 heavy (non-hydrogen) atoms. The van der Waals surface area contributed by atoms with Crippen molar-refractivity contribution in [3.05, 3.63) is 229 Å². The first-order valence-corrected chi connectivity index (χ1v) is 23.6. The highest BCUT2D eigenvalue weighted by Gasteiger charge is 2.32. The third kappa shape index (κ3) is 6.00. The maximum Gasteiger partial charge on any atom is 0.416 e. The van der Waals surface area contributed by atoms with Crippen LogP contribution in [0.5, 0.6) is 0 Å². The summed E-state index contributed by atoms with van der Waals surface area (Å²) in [5.74, 6) is 0. The van der Waals surface area contributed by atoms with Gasteiger partial charge in [-0.3, -0.25) is 0 Å². The summed E-state index contributed by atoms with van der Waals surface area (Å²) in [7, 11) is 0. The maximum absolute atomic E-state index is 14.6. The van der Waals surface area contributed by atoms with Crippen molar-refractivity contribution in [1.82, 2.24) is 18.3 Å². The predicted molar refractivity (Wildman–Crippen MR) is 284 cm³/mol. The number of benzene rings is 10. The Bertz CT molecular complexity index is 4250. The molecule has 0 bridgehead atoms. The molecule has 0 amide bonds. The van der Waals surface area contributed by atoms with Crippen LogP contribution in [0.25, 0.3) is 121 Å². The Morgan fingerprint density at radius 1 is 0.352 bits per heavy atom. The summed E-state index contributed by atoms with van der Waals surface area (Å²) in [5, 5.41) is 20.2. The van der Waals surface area contributed by atoms with Crippen molar-refractivity contribution in [2.45, 2.75) is 13.1 Å². The molecule has 14 rings (SSSR count). The molecule has 0 aliphatic heterocycles. The van der Waals surface area contributed by atoms with Crippen LogP contribution in [0.4, 0.5) is 13.2 Å². The zero-order valence-electron chi connectivity index (χ0n) is 38.1. The Morgan fingerprint density at radius 2 is 0.676 bits per heavy atom. The average Bonchev–Trinajstić information content (AvgIpc) is 4.12. The van der Waals surface area contributed by atoms with Crippen molar-refractivity contribution < 1.29 is 13.2 Å². The second kappa shape index (κ2) is 15.1. The molecule has 0 saturated carbocycles. The van der Waals surface area contributed by atoms with Crippen molar-refractivity contribution in [1.29, 1.82) is 5.26 Å². The van der Waals surface area contributed by atoms with Crippen LogP contribution in [-0.4, -0.2) is 18.3 Å².